The number of aromatic nitrogens is 4. The number of ether oxygens (including phenoxy) is 2. The molecule has 0 atom stereocenters. The van der Waals surface area contributed by atoms with E-state index in [1.54, 1.807) is 17.4 Å². The van der Waals surface area contributed by atoms with Gasteiger partial charge in [0.05, 0.1) is 30.1 Å². The Kier molecular flexibility index (Phi) is 7.01. The minimum absolute atomic E-state index is 0.0799. The predicted molar refractivity (Wildman–Crippen MR) is 137 cm³/mol. The predicted octanol–water partition coefficient (Wildman–Crippen LogP) is 4.72. The molecule has 4 heterocycles. The van der Waals surface area contributed by atoms with Crippen molar-refractivity contribution in [3.05, 3.63) is 71.2 Å². The molecule has 35 heavy (non-hydrogen) atoms. The van der Waals surface area contributed by atoms with E-state index >= 15 is 0 Å². The number of carbonyl (C=O) groups is 1. The van der Waals surface area contributed by atoms with Crippen molar-refractivity contribution >= 4 is 33.5 Å². The van der Waals surface area contributed by atoms with Crippen molar-refractivity contribution in [1.82, 2.24) is 24.9 Å². The lowest BCUT2D eigenvalue weighted by Gasteiger charge is -2.07. The van der Waals surface area contributed by atoms with Crippen LogP contribution in [0.3, 0.4) is 0 Å². The van der Waals surface area contributed by atoms with Gasteiger partial charge in [0, 0.05) is 28.9 Å². The van der Waals surface area contributed by atoms with E-state index in [0.717, 1.165) is 38.2 Å². The molecule has 1 N–H and O–H groups in total. The number of thiophene rings is 1. The normalized spacial score (nSPS) is 11.0. The van der Waals surface area contributed by atoms with E-state index < -0.39 is 0 Å². The maximum atomic E-state index is 12.5. The van der Waals surface area contributed by atoms with Crippen LogP contribution in [0, 0.1) is 0 Å². The average molecular weight is 506 g/mol. The first kappa shape index (κ1) is 23.0. The summed E-state index contributed by atoms with van der Waals surface area (Å²) < 4.78 is 13.1. The van der Waals surface area contributed by atoms with E-state index in [1.807, 2.05) is 70.7 Å². The van der Waals surface area contributed by atoms with Gasteiger partial charge in [-0.3, -0.25) is 9.20 Å². The molecule has 5 aromatic rings. The Morgan fingerprint density at radius 2 is 1.91 bits per heavy atom. The third-order valence-electron chi connectivity index (χ3n) is 5.17. The molecule has 4 aromatic heterocycles. The highest BCUT2D eigenvalue weighted by molar-refractivity contribution is 7.15. The van der Waals surface area contributed by atoms with Gasteiger partial charge in [-0.1, -0.05) is 6.07 Å². The number of nitrogens with one attached hydrogen (secondary N) is 1. The summed E-state index contributed by atoms with van der Waals surface area (Å²) >= 11 is 3.13. The maximum Gasteiger partial charge on any atom is 0.233 e. The second kappa shape index (κ2) is 10.7. The fraction of sp³-hybridized carbons (Fsp3) is 0.200. The van der Waals surface area contributed by atoms with Crippen molar-refractivity contribution in [3.63, 3.8) is 0 Å². The van der Waals surface area contributed by atoms with Crippen LogP contribution in [0.2, 0.25) is 0 Å². The molecule has 0 aliphatic carbocycles. The molecule has 10 heteroatoms. The molecule has 1 amide bonds. The SMILES string of the molecule is CCOc1ccc(-c2cn3c(CC(=O)NCCOc4ccc(-c5cccs5)nn4)csc3n2)cc1. The second-order valence-corrected chi connectivity index (χ2v) is 9.36. The van der Waals surface area contributed by atoms with Crippen molar-refractivity contribution in [3.8, 4) is 33.5 Å². The zero-order valence-corrected chi connectivity index (χ0v) is 20.6. The van der Waals surface area contributed by atoms with Gasteiger partial charge in [0.15, 0.2) is 4.96 Å². The fourth-order valence-electron chi connectivity index (χ4n) is 3.51. The van der Waals surface area contributed by atoms with Gasteiger partial charge in [0.1, 0.15) is 18.1 Å². The van der Waals surface area contributed by atoms with Crippen molar-refractivity contribution in [2.75, 3.05) is 19.8 Å². The highest BCUT2D eigenvalue weighted by Gasteiger charge is 2.13. The number of nitrogens with zero attached hydrogens (tertiary/aromatic N) is 4. The molecule has 0 aliphatic heterocycles. The van der Waals surface area contributed by atoms with Crippen molar-refractivity contribution in [1.29, 1.82) is 0 Å². The Hall–Kier alpha value is -3.76. The molecule has 0 aliphatic rings. The van der Waals surface area contributed by atoms with Gasteiger partial charge in [-0.25, -0.2) is 4.98 Å². The average Bonchev–Trinajstić information content (AvgIpc) is 3.62. The molecule has 178 valence electrons. The first-order chi connectivity index (χ1) is 17.2. The van der Waals surface area contributed by atoms with Crippen LogP contribution in [-0.4, -0.2) is 45.2 Å². The first-order valence-electron chi connectivity index (χ1n) is 11.2. The Morgan fingerprint density at radius 3 is 2.66 bits per heavy atom. The van der Waals surface area contributed by atoms with Crippen LogP contribution in [0.5, 0.6) is 11.6 Å². The summed E-state index contributed by atoms with van der Waals surface area (Å²) in [5.41, 5.74) is 3.57. The summed E-state index contributed by atoms with van der Waals surface area (Å²) in [5.74, 6) is 1.18. The maximum absolute atomic E-state index is 12.5. The topological polar surface area (TPSA) is 90.6 Å². The quantitative estimate of drug-likeness (QED) is 0.276. The first-order valence-corrected chi connectivity index (χ1v) is 12.9. The largest absolute Gasteiger partial charge is 0.494 e. The molecule has 0 unspecified atom stereocenters. The third-order valence-corrected chi connectivity index (χ3v) is 6.96. The number of carbonyl (C=O) groups excluding carboxylic acids is 1. The van der Waals surface area contributed by atoms with E-state index in [2.05, 4.69) is 15.5 Å². The summed E-state index contributed by atoms with van der Waals surface area (Å²) in [6, 6.07) is 15.5. The van der Waals surface area contributed by atoms with Crippen molar-refractivity contribution in [2.24, 2.45) is 0 Å². The second-order valence-electron chi connectivity index (χ2n) is 7.57. The van der Waals surface area contributed by atoms with Crippen LogP contribution >= 0.6 is 22.7 Å². The molecule has 8 nitrogen and oxygen atoms in total. The zero-order chi connectivity index (χ0) is 24.0. The Bertz CT molecular complexity index is 1390. The van der Waals surface area contributed by atoms with E-state index in [4.69, 9.17) is 14.5 Å². The fourth-order valence-corrected chi connectivity index (χ4v) is 5.07. The van der Waals surface area contributed by atoms with E-state index in [9.17, 15) is 4.79 Å². The molecule has 0 saturated heterocycles. The summed E-state index contributed by atoms with van der Waals surface area (Å²) in [4.78, 5) is 19.1. The summed E-state index contributed by atoms with van der Waals surface area (Å²) in [5, 5.41) is 15.1. The highest BCUT2D eigenvalue weighted by atomic mass is 32.1. The van der Waals surface area contributed by atoms with Gasteiger partial charge < -0.3 is 14.8 Å². The molecule has 0 spiro atoms. The number of fused-ring (bicyclic) bond motifs is 1. The molecule has 0 fully saturated rings. The number of thiazole rings is 1. The summed E-state index contributed by atoms with van der Waals surface area (Å²) in [7, 11) is 0. The lowest BCUT2D eigenvalue weighted by molar-refractivity contribution is -0.120. The van der Waals surface area contributed by atoms with E-state index in [0.29, 0.717) is 25.6 Å². The van der Waals surface area contributed by atoms with Crippen molar-refractivity contribution in [2.45, 2.75) is 13.3 Å². The van der Waals surface area contributed by atoms with Crippen LogP contribution in [0.15, 0.2) is 65.5 Å². The van der Waals surface area contributed by atoms with Crippen molar-refractivity contribution < 1.29 is 14.3 Å². The molecular weight excluding hydrogens is 482 g/mol. The number of hydrogen-bond donors (Lipinski definition) is 1. The number of amides is 1. The molecule has 5 rings (SSSR count). The zero-order valence-electron chi connectivity index (χ0n) is 19.0. The van der Waals surface area contributed by atoms with Gasteiger partial charge in [-0.15, -0.1) is 32.9 Å². The van der Waals surface area contributed by atoms with E-state index in [-0.39, 0.29) is 12.3 Å². The lowest BCUT2D eigenvalue weighted by Crippen LogP contribution is -2.29. The van der Waals surface area contributed by atoms with Crippen LogP contribution in [-0.2, 0) is 11.2 Å². The molecule has 0 saturated carbocycles. The summed E-state index contributed by atoms with van der Waals surface area (Å²) in [6.07, 6.45) is 2.22. The molecular formula is C25H23N5O3S2. The van der Waals surface area contributed by atoms with Gasteiger partial charge >= 0.3 is 0 Å². The number of benzene rings is 1. The van der Waals surface area contributed by atoms with Crippen LogP contribution in [0.25, 0.3) is 26.8 Å². The van der Waals surface area contributed by atoms with E-state index in [1.165, 1.54) is 11.3 Å². The molecule has 0 bridgehead atoms. The molecule has 1 aromatic carbocycles. The Morgan fingerprint density at radius 1 is 1.03 bits per heavy atom. The Balaban J connectivity index is 1.12. The third kappa shape index (κ3) is 5.50. The van der Waals surface area contributed by atoms with Gasteiger partial charge in [0.2, 0.25) is 11.8 Å². The number of rotatable bonds is 10. The van der Waals surface area contributed by atoms with Gasteiger partial charge in [0.25, 0.3) is 0 Å². The monoisotopic (exact) mass is 505 g/mol. The smallest absolute Gasteiger partial charge is 0.233 e. The Labute approximate surface area is 210 Å². The van der Waals surface area contributed by atoms with Crippen LogP contribution in [0.1, 0.15) is 12.6 Å². The van der Waals surface area contributed by atoms with Gasteiger partial charge in [-0.05, 0) is 48.7 Å². The highest BCUT2D eigenvalue weighted by Crippen LogP contribution is 2.26. The minimum Gasteiger partial charge on any atom is -0.494 e. The van der Waals surface area contributed by atoms with Crippen LogP contribution in [0.4, 0.5) is 0 Å². The number of imidazole rings is 1. The van der Waals surface area contributed by atoms with Gasteiger partial charge in [-0.2, -0.15) is 0 Å². The lowest BCUT2D eigenvalue weighted by atomic mass is 10.1. The van der Waals surface area contributed by atoms with Crippen LogP contribution < -0.4 is 14.8 Å². The number of hydrogen-bond acceptors (Lipinski definition) is 8. The molecule has 0 radical (unpaired) electrons. The standard InChI is InChI=1S/C25H23N5O3S2/c1-2-32-19-7-5-17(6-8-19)21-15-30-18(16-35-25(30)27-21)14-23(31)26-11-12-33-24-10-9-20(28-29-24)22-4-3-13-34-22/h3-10,13,15-16H,2,11-12,14H2,1H3,(H,26,31). The minimum atomic E-state index is -0.0799. The summed E-state index contributed by atoms with van der Waals surface area (Å²) in [6.45, 7) is 3.28.